The maximum atomic E-state index is 12.2. The minimum absolute atomic E-state index is 0.327. The van der Waals surface area contributed by atoms with Gasteiger partial charge in [-0.05, 0) is 23.3 Å². The summed E-state index contributed by atoms with van der Waals surface area (Å²) >= 11 is 0. The van der Waals surface area contributed by atoms with Crippen molar-refractivity contribution in [3.8, 4) is 11.1 Å². The molecule has 2 aromatic carbocycles. The number of hydrogen-bond acceptors (Lipinski definition) is 3. The lowest BCUT2D eigenvalue weighted by atomic mass is 10.0. The van der Waals surface area contributed by atoms with E-state index in [9.17, 15) is 4.79 Å². The third-order valence-electron chi connectivity index (χ3n) is 3.25. The van der Waals surface area contributed by atoms with Crippen LogP contribution in [0.1, 0.15) is 5.56 Å². The second-order valence-corrected chi connectivity index (χ2v) is 4.58. The molecule has 0 bridgehead atoms. The molecule has 3 aromatic rings. The Balaban J connectivity index is 2.24. The summed E-state index contributed by atoms with van der Waals surface area (Å²) in [5, 5.41) is 0.911. The minimum atomic E-state index is -0.327. The first-order valence-electron chi connectivity index (χ1n) is 6.39. The Morgan fingerprint density at radius 1 is 1.00 bits per heavy atom. The number of para-hydroxylation sites is 1. The van der Waals surface area contributed by atoms with Gasteiger partial charge in [-0.2, -0.15) is 0 Å². The largest absolute Gasteiger partial charge is 0.422 e. The SMILES string of the molecule is COCc1ccccc1-c1cc2ccccc2oc1=O. The molecule has 3 nitrogen and oxygen atoms in total. The van der Waals surface area contributed by atoms with Crippen LogP contribution in [0.25, 0.3) is 22.1 Å². The summed E-state index contributed by atoms with van der Waals surface area (Å²) in [5.74, 6) is 0. The first-order chi connectivity index (χ1) is 9.79. The van der Waals surface area contributed by atoms with Crippen molar-refractivity contribution in [1.29, 1.82) is 0 Å². The smallest absolute Gasteiger partial charge is 0.344 e. The molecule has 20 heavy (non-hydrogen) atoms. The van der Waals surface area contributed by atoms with E-state index < -0.39 is 0 Å². The van der Waals surface area contributed by atoms with Crippen LogP contribution >= 0.6 is 0 Å². The van der Waals surface area contributed by atoms with Gasteiger partial charge in [-0.15, -0.1) is 0 Å². The van der Waals surface area contributed by atoms with Gasteiger partial charge in [-0.25, -0.2) is 4.79 Å². The zero-order valence-electron chi connectivity index (χ0n) is 11.1. The molecule has 3 rings (SSSR count). The zero-order chi connectivity index (χ0) is 13.9. The van der Waals surface area contributed by atoms with Gasteiger partial charge in [0.25, 0.3) is 0 Å². The van der Waals surface area contributed by atoms with Crippen molar-refractivity contribution in [2.24, 2.45) is 0 Å². The molecule has 0 amide bonds. The molecule has 0 aliphatic carbocycles. The van der Waals surface area contributed by atoms with E-state index in [4.69, 9.17) is 9.15 Å². The third-order valence-corrected chi connectivity index (χ3v) is 3.25. The Bertz CT molecular complexity index is 802. The number of ether oxygens (including phenoxy) is 1. The van der Waals surface area contributed by atoms with Crippen LogP contribution in [-0.4, -0.2) is 7.11 Å². The molecule has 0 saturated heterocycles. The lowest BCUT2D eigenvalue weighted by Gasteiger charge is -2.08. The maximum absolute atomic E-state index is 12.2. The van der Waals surface area contributed by atoms with Crippen LogP contribution in [-0.2, 0) is 11.3 Å². The normalized spacial score (nSPS) is 10.8. The van der Waals surface area contributed by atoms with Gasteiger partial charge in [0.1, 0.15) is 5.58 Å². The zero-order valence-corrected chi connectivity index (χ0v) is 11.1. The van der Waals surface area contributed by atoms with E-state index in [1.54, 1.807) is 13.2 Å². The summed E-state index contributed by atoms with van der Waals surface area (Å²) in [4.78, 5) is 12.2. The monoisotopic (exact) mass is 266 g/mol. The van der Waals surface area contributed by atoms with Crippen molar-refractivity contribution in [3.63, 3.8) is 0 Å². The van der Waals surface area contributed by atoms with Crippen LogP contribution in [0.5, 0.6) is 0 Å². The van der Waals surface area contributed by atoms with E-state index in [1.165, 1.54) is 0 Å². The molecule has 0 atom stereocenters. The number of rotatable bonds is 3. The Kier molecular flexibility index (Phi) is 3.35. The van der Waals surface area contributed by atoms with Crippen LogP contribution in [0, 0.1) is 0 Å². The van der Waals surface area contributed by atoms with Crippen molar-refractivity contribution in [3.05, 3.63) is 70.6 Å². The van der Waals surface area contributed by atoms with Crippen molar-refractivity contribution >= 4 is 11.0 Å². The molecule has 0 saturated carbocycles. The topological polar surface area (TPSA) is 39.4 Å². The molecule has 0 aliphatic heterocycles. The second-order valence-electron chi connectivity index (χ2n) is 4.58. The van der Waals surface area contributed by atoms with Gasteiger partial charge in [-0.3, -0.25) is 0 Å². The molecule has 0 aliphatic rings. The van der Waals surface area contributed by atoms with E-state index in [0.717, 1.165) is 16.5 Å². The van der Waals surface area contributed by atoms with Crippen LogP contribution in [0.15, 0.2) is 63.8 Å². The highest BCUT2D eigenvalue weighted by atomic mass is 16.5. The highest BCUT2D eigenvalue weighted by Crippen LogP contribution is 2.24. The third kappa shape index (κ3) is 2.24. The predicted molar refractivity (Wildman–Crippen MR) is 78.6 cm³/mol. The first-order valence-corrected chi connectivity index (χ1v) is 6.39. The highest BCUT2D eigenvalue weighted by Gasteiger charge is 2.11. The van der Waals surface area contributed by atoms with E-state index in [1.807, 2.05) is 48.5 Å². The van der Waals surface area contributed by atoms with Crippen LogP contribution in [0.2, 0.25) is 0 Å². The first kappa shape index (κ1) is 12.6. The quantitative estimate of drug-likeness (QED) is 0.680. The molecule has 1 aromatic heterocycles. The Morgan fingerprint density at radius 3 is 2.60 bits per heavy atom. The Labute approximate surface area is 116 Å². The average molecular weight is 266 g/mol. The van der Waals surface area contributed by atoms with E-state index in [2.05, 4.69) is 0 Å². The van der Waals surface area contributed by atoms with Gasteiger partial charge in [-0.1, -0.05) is 42.5 Å². The fourth-order valence-corrected chi connectivity index (χ4v) is 2.31. The molecule has 100 valence electrons. The van der Waals surface area contributed by atoms with Crippen molar-refractivity contribution in [2.45, 2.75) is 6.61 Å². The lowest BCUT2D eigenvalue weighted by Crippen LogP contribution is -2.04. The van der Waals surface area contributed by atoms with Crippen LogP contribution < -0.4 is 5.63 Å². The Hall–Kier alpha value is -2.39. The number of methoxy groups -OCH3 is 1. The molecule has 0 fully saturated rings. The van der Waals surface area contributed by atoms with Gasteiger partial charge in [0.15, 0.2) is 0 Å². The van der Waals surface area contributed by atoms with Crippen LogP contribution in [0.4, 0.5) is 0 Å². The molecular weight excluding hydrogens is 252 g/mol. The Morgan fingerprint density at radius 2 is 1.75 bits per heavy atom. The maximum Gasteiger partial charge on any atom is 0.344 e. The fraction of sp³-hybridized carbons (Fsp3) is 0.118. The molecular formula is C17H14O3. The molecule has 1 heterocycles. The average Bonchev–Trinajstić information content (AvgIpc) is 2.48. The van der Waals surface area contributed by atoms with Crippen molar-refractivity contribution in [2.75, 3.05) is 7.11 Å². The van der Waals surface area contributed by atoms with Gasteiger partial charge < -0.3 is 9.15 Å². The summed E-state index contributed by atoms with van der Waals surface area (Å²) in [6.45, 7) is 0.461. The predicted octanol–water partition coefficient (Wildman–Crippen LogP) is 3.61. The van der Waals surface area contributed by atoms with Gasteiger partial charge in [0.05, 0.1) is 12.2 Å². The van der Waals surface area contributed by atoms with Gasteiger partial charge in [0, 0.05) is 12.5 Å². The lowest BCUT2D eigenvalue weighted by molar-refractivity contribution is 0.185. The van der Waals surface area contributed by atoms with Crippen molar-refractivity contribution in [1.82, 2.24) is 0 Å². The number of fused-ring (bicyclic) bond motifs is 1. The fourth-order valence-electron chi connectivity index (χ4n) is 2.31. The minimum Gasteiger partial charge on any atom is -0.422 e. The summed E-state index contributed by atoms with van der Waals surface area (Å²) < 4.78 is 10.6. The van der Waals surface area contributed by atoms with Gasteiger partial charge >= 0.3 is 5.63 Å². The van der Waals surface area contributed by atoms with Crippen molar-refractivity contribution < 1.29 is 9.15 Å². The van der Waals surface area contributed by atoms with E-state index >= 15 is 0 Å². The molecule has 0 unspecified atom stereocenters. The summed E-state index contributed by atoms with van der Waals surface area (Å²) in [6, 6.07) is 17.1. The molecule has 0 spiro atoms. The number of benzene rings is 2. The molecule has 0 N–H and O–H groups in total. The summed E-state index contributed by atoms with van der Waals surface area (Å²) in [7, 11) is 1.64. The number of hydrogen-bond donors (Lipinski definition) is 0. The molecule has 3 heteroatoms. The highest BCUT2D eigenvalue weighted by molar-refractivity contribution is 5.82. The molecule has 0 radical (unpaired) electrons. The van der Waals surface area contributed by atoms with Crippen LogP contribution in [0.3, 0.4) is 0 Å². The summed E-state index contributed by atoms with van der Waals surface area (Å²) in [6.07, 6.45) is 0. The van der Waals surface area contributed by atoms with E-state index in [-0.39, 0.29) is 5.63 Å². The summed E-state index contributed by atoms with van der Waals surface area (Å²) in [5.41, 5.74) is 2.67. The van der Waals surface area contributed by atoms with E-state index in [0.29, 0.717) is 17.8 Å². The van der Waals surface area contributed by atoms with Gasteiger partial charge in [0.2, 0.25) is 0 Å². The second kappa shape index (κ2) is 5.31. The standard InChI is InChI=1S/C17H14O3/c1-19-11-13-7-2-4-8-14(13)15-10-12-6-3-5-9-16(12)20-17(15)18/h2-10H,11H2,1H3.